The first-order valence-corrected chi connectivity index (χ1v) is 11.5. The number of nitrogens with two attached hydrogens (primary N) is 1. The molecule has 0 heterocycles. The maximum atomic E-state index is 13.6. The van der Waals surface area contributed by atoms with Gasteiger partial charge in [0.25, 0.3) is 5.91 Å². The first-order valence-electron chi connectivity index (χ1n) is 8.61. The molecule has 1 rings (SSSR count). The lowest BCUT2D eigenvalue weighted by Crippen LogP contribution is -2.26. The quantitative estimate of drug-likeness (QED) is 0.304. The predicted molar refractivity (Wildman–Crippen MR) is 108 cm³/mol. The maximum absolute atomic E-state index is 13.6. The number of carbonyl (C=O) groups excluding carboxylic acids is 1. The molecule has 0 saturated carbocycles. The Balaban J connectivity index is 3.44. The number of amides is 1. The van der Waals surface area contributed by atoms with Gasteiger partial charge in [0.2, 0.25) is 0 Å². The molecule has 148 valence electrons. The first-order chi connectivity index (χ1) is 12.9. The molecule has 1 unspecified atom stereocenters. The number of benzene rings is 1. The first kappa shape index (κ1) is 23.3. The summed E-state index contributed by atoms with van der Waals surface area (Å²) in [5.74, 6) is -1.75. The Morgan fingerprint density at radius 1 is 1.26 bits per heavy atom. The molecule has 0 spiro atoms. The van der Waals surface area contributed by atoms with E-state index in [2.05, 4.69) is 5.32 Å². The second kappa shape index (κ2) is 11.8. The summed E-state index contributed by atoms with van der Waals surface area (Å²) < 4.78 is 24.9. The number of carbonyl (C=O) groups is 1. The number of nitrogens with zero attached hydrogens (tertiary/aromatic N) is 1. The van der Waals surface area contributed by atoms with Crippen LogP contribution in [0.2, 0.25) is 0 Å². The van der Waals surface area contributed by atoms with Gasteiger partial charge in [-0.2, -0.15) is 5.26 Å². The lowest BCUT2D eigenvalue weighted by Gasteiger charge is -2.29. The molecule has 27 heavy (non-hydrogen) atoms. The molecule has 1 aromatic rings. The molecule has 0 fully saturated rings. The molecule has 0 aliphatic carbocycles. The molecule has 0 saturated heterocycles. The summed E-state index contributed by atoms with van der Waals surface area (Å²) in [6.45, 7) is 4.32. The highest BCUT2D eigenvalue weighted by molar-refractivity contribution is 8.02. The van der Waals surface area contributed by atoms with E-state index in [9.17, 15) is 14.6 Å². The van der Waals surface area contributed by atoms with Crippen molar-refractivity contribution in [3.05, 3.63) is 46.5 Å². The fourth-order valence-electron chi connectivity index (χ4n) is 2.18. The van der Waals surface area contributed by atoms with E-state index in [0.29, 0.717) is 18.4 Å². The Bertz CT molecular complexity index is 722. The SMILES string of the molecule is CCCOP(=O)(OCCC)C(N/C(SC)=C(/C#N)C(N)=O)c1ccccc1. The molecule has 9 heteroatoms. The Hall–Kier alpha value is -1.78. The van der Waals surface area contributed by atoms with E-state index in [4.69, 9.17) is 14.8 Å². The summed E-state index contributed by atoms with van der Waals surface area (Å²) >= 11 is 1.13. The van der Waals surface area contributed by atoms with Gasteiger partial charge < -0.3 is 20.1 Å². The van der Waals surface area contributed by atoms with Gasteiger partial charge in [0.1, 0.15) is 11.6 Å². The lowest BCUT2D eigenvalue weighted by molar-refractivity contribution is -0.114. The number of nitriles is 1. The van der Waals surface area contributed by atoms with E-state index in [-0.39, 0.29) is 23.8 Å². The Labute approximate surface area is 164 Å². The second-order valence-corrected chi connectivity index (χ2v) is 8.48. The molecule has 1 atom stereocenters. The van der Waals surface area contributed by atoms with E-state index in [0.717, 1.165) is 11.8 Å². The van der Waals surface area contributed by atoms with Crippen molar-refractivity contribution in [1.82, 2.24) is 5.32 Å². The zero-order valence-corrected chi connectivity index (χ0v) is 17.5. The molecular weight excluding hydrogens is 385 g/mol. The van der Waals surface area contributed by atoms with E-state index in [1.54, 1.807) is 36.6 Å². The largest absolute Gasteiger partial charge is 0.365 e. The van der Waals surface area contributed by atoms with Crippen LogP contribution in [0.3, 0.4) is 0 Å². The van der Waals surface area contributed by atoms with Crippen molar-refractivity contribution in [2.45, 2.75) is 32.5 Å². The molecule has 1 aromatic carbocycles. The molecule has 0 aliphatic heterocycles. The number of rotatable bonds is 12. The molecule has 3 N–H and O–H groups in total. The van der Waals surface area contributed by atoms with Crippen molar-refractivity contribution in [3.63, 3.8) is 0 Å². The topological polar surface area (TPSA) is 114 Å². The van der Waals surface area contributed by atoms with Gasteiger partial charge in [0.15, 0.2) is 5.78 Å². The van der Waals surface area contributed by atoms with Gasteiger partial charge in [-0.1, -0.05) is 44.2 Å². The number of thioether (sulfide) groups is 1. The van der Waals surface area contributed by atoms with Gasteiger partial charge >= 0.3 is 7.60 Å². The fourth-order valence-corrected chi connectivity index (χ4v) is 4.92. The summed E-state index contributed by atoms with van der Waals surface area (Å²) in [5.41, 5.74) is 5.72. The molecule has 1 amide bonds. The highest BCUT2D eigenvalue weighted by Crippen LogP contribution is 2.60. The third-order valence-electron chi connectivity index (χ3n) is 3.44. The summed E-state index contributed by atoms with van der Waals surface area (Å²) in [6, 6.07) is 10.8. The van der Waals surface area contributed by atoms with Crippen LogP contribution in [0.4, 0.5) is 0 Å². The van der Waals surface area contributed by atoms with Crippen molar-refractivity contribution in [2.75, 3.05) is 19.5 Å². The van der Waals surface area contributed by atoms with Crippen LogP contribution >= 0.6 is 19.4 Å². The smallest absolute Gasteiger partial charge is 0.357 e. The summed E-state index contributed by atoms with van der Waals surface area (Å²) in [5, 5.41) is 12.5. The Morgan fingerprint density at radius 2 is 1.81 bits per heavy atom. The van der Waals surface area contributed by atoms with E-state index in [1.165, 1.54) is 0 Å². The van der Waals surface area contributed by atoms with Crippen LogP contribution in [0.25, 0.3) is 0 Å². The molecule has 0 radical (unpaired) electrons. The van der Waals surface area contributed by atoms with Gasteiger partial charge in [-0.3, -0.25) is 9.36 Å². The highest BCUT2D eigenvalue weighted by Gasteiger charge is 2.38. The van der Waals surface area contributed by atoms with Gasteiger partial charge in [0.05, 0.1) is 18.2 Å². The third kappa shape index (κ3) is 6.71. The number of primary amides is 1. The van der Waals surface area contributed by atoms with Crippen LogP contribution in [-0.2, 0) is 18.4 Å². The Kier molecular flexibility index (Phi) is 10.2. The van der Waals surface area contributed by atoms with Gasteiger partial charge in [-0.05, 0) is 24.7 Å². The monoisotopic (exact) mass is 411 g/mol. The Morgan fingerprint density at radius 3 is 2.22 bits per heavy atom. The number of hydrogen-bond acceptors (Lipinski definition) is 7. The van der Waals surface area contributed by atoms with E-state index < -0.39 is 19.3 Å². The van der Waals surface area contributed by atoms with Gasteiger partial charge in [-0.25, -0.2) is 0 Å². The van der Waals surface area contributed by atoms with Crippen LogP contribution in [0.5, 0.6) is 0 Å². The van der Waals surface area contributed by atoms with Crippen LogP contribution in [0.1, 0.15) is 38.0 Å². The van der Waals surface area contributed by atoms with Crippen LogP contribution in [0.15, 0.2) is 40.9 Å². The van der Waals surface area contributed by atoms with Crippen molar-refractivity contribution in [3.8, 4) is 6.07 Å². The second-order valence-electron chi connectivity index (χ2n) is 5.55. The molecule has 0 bridgehead atoms. The van der Waals surface area contributed by atoms with E-state index >= 15 is 0 Å². The normalized spacial score (nSPS) is 13.4. The molecule has 0 aromatic heterocycles. The van der Waals surface area contributed by atoms with Crippen LogP contribution in [0, 0.1) is 11.3 Å². The zero-order chi connectivity index (χ0) is 20.3. The molecular formula is C18H26N3O4PS. The average molecular weight is 411 g/mol. The van der Waals surface area contributed by atoms with Crippen molar-refractivity contribution in [1.29, 1.82) is 5.26 Å². The molecule has 7 nitrogen and oxygen atoms in total. The zero-order valence-electron chi connectivity index (χ0n) is 15.8. The van der Waals surface area contributed by atoms with Gasteiger partial charge in [-0.15, -0.1) is 11.8 Å². The van der Waals surface area contributed by atoms with E-state index in [1.807, 2.05) is 19.9 Å². The predicted octanol–water partition coefficient (Wildman–Crippen LogP) is 3.90. The average Bonchev–Trinajstić information content (AvgIpc) is 2.68. The highest BCUT2D eigenvalue weighted by atomic mass is 32.2. The fraction of sp³-hybridized carbons (Fsp3) is 0.444. The summed E-state index contributed by atoms with van der Waals surface area (Å²) in [4.78, 5) is 11.6. The lowest BCUT2D eigenvalue weighted by atomic mass is 10.2. The summed E-state index contributed by atoms with van der Waals surface area (Å²) in [6.07, 6.45) is 3.02. The van der Waals surface area contributed by atoms with Crippen LogP contribution < -0.4 is 11.1 Å². The number of hydrogen-bond donors (Lipinski definition) is 2. The number of nitrogens with one attached hydrogen (secondary N) is 1. The van der Waals surface area contributed by atoms with Gasteiger partial charge in [0, 0.05) is 0 Å². The van der Waals surface area contributed by atoms with Crippen LogP contribution in [-0.4, -0.2) is 25.4 Å². The van der Waals surface area contributed by atoms with Crippen molar-refractivity contribution < 1.29 is 18.4 Å². The molecule has 0 aliphatic rings. The van der Waals surface area contributed by atoms with Crippen molar-refractivity contribution in [2.24, 2.45) is 5.73 Å². The standard InChI is InChI=1S/C18H26N3O4PS/c1-4-11-24-26(23,25-12-5-2)17(14-9-7-6-8-10-14)21-18(27-3)15(13-19)16(20)22/h6-10,17,21H,4-5,11-12H2,1-3H3,(H2,20,22)/b18-15+. The minimum atomic E-state index is -3.65. The minimum Gasteiger partial charge on any atom is -0.365 e. The maximum Gasteiger partial charge on any atom is 0.357 e. The summed E-state index contributed by atoms with van der Waals surface area (Å²) in [7, 11) is -3.65. The minimum absolute atomic E-state index is 0.222. The van der Waals surface area contributed by atoms with Crippen molar-refractivity contribution >= 4 is 25.3 Å². The third-order valence-corrected chi connectivity index (χ3v) is 6.31.